The first-order chi connectivity index (χ1) is 6.97. The van der Waals surface area contributed by atoms with Gasteiger partial charge in [-0.15, -0.1) is 0 Å². The van der Waals surface area contributed by atoms with Crippen LogP contribution in [0.3, 0.4) is 0 Å². The summed E-state index contributed by atoms with van der Waals surface area (Å²) in [6, 6.07) is 0. The minimum absolute atomic E-state index is 0.0876. The van der Waals surface area contributed by atoms with Crippen LogP contribution in [0.5, 0.6) is 0 Å². The molecule has 0 aliphatic carbocycles. The van der Waals surface area contributed by atoms with Gasteiger partial charge in [0.1, 0.15) is 0 Å². The molecule has 3 unspecified atom stereocenters. The molecule has 0 spiro atoms. The van der Waals surface area contributed by atoms with Crippen molar-refractivity contribution in [3.63, 3.8) is 0 Å². The van der Waals surface area contributed by atoms with Crippen molar-refractivity contribution in [3.05, 3.63) is 0 Å². The predicted octanol–water partition coefficient (Wildman–Crippen LogP) is 2.97. The van der Waals surface area contributed by atoms with Gasteiger partial charge in [-0.25, -0.2) is 0 Å². The van der Waals surface area contributed by atoms with E-state index >= 15 is 0 Å². The largest absolute Gasteiger partial charge is 0.396 e. The summed E-state index contributed by atoms with van der Waals surface area (Å²) in [5.41, 5.74) is 0.226. The standard InChI is InChI=1S/C13H28O2/c1-5-11(3)9-13(4,6-2)10-12(15)7-8-14/h11-12,14-15H,5-10H2,1-4H3. The van der Waals surface area contributed by atoms with E-state index in [2.05, 4.69) is 27.7 Å². The maximum atomic E-state index is 9.74. The number of hydrogen-bond acceptors (Lipinski definition) is 2. The molecular weight excluding hydrogens is 188 g/mol. The summed E-state index contributed by atoms with van der Waals surface area (Å²) in [6.07, 6.45) is 4.45. The summed E-state index contributed by atoms with van der Waals surface area (Å²) in [6.45, 7) is 9.01. The van der Waals surface area contributed by atoms with Gasteiger partial charge in [-0.05, 0) is 30.6 Å². The van der Waals surface area contributed by atoms with Crippen molar-refractivity contribution in [2.45, 2.75) is 65.9 Å². The molecule has 3 atom stereocenters. The normalized spacial score (nSPS) is 19.6. The van der Waals surface area contributed by atoms with Gasteiger partial charge in [-0.1, -0.05) is 40.5 Å². The van der Waals surface area contributed by atoms with Gasteiger partial charge in [-0.3, -0.25) is 0 Å². The second-order valence-corrected chi connectivity index (χ2v) is 5.25. The fraction of sp³-hybridized carbons (Fsp3) is 1.00. The highest BCUT2D eigenvalue weighted by atomic mass is 16.3. The summed E-state index contributed by atoms with van der Waals surface area (Å²) >= 11 is 0. The zero-order valence-corrected chi connectivity index (χ0v) is 10.8. The zero-order chi connectivity index (χ0) is 11.9. The van der Waals surface area contributed by atoms with Gasteiger partial charge in [0.15, 0.2) is 0 Å². The third-order valence-electron chi connectivity index (χ3n) is 3.58. The highest BCUT2D eigenvalue weighted by Crippen LogP contribution is 2.36. The van der Waals surface area contributed by atoms with E-state index in [9.17, 15) is 5.11 Å². The quantitative estimate of drug-likeness (QED) is 0.655. The topological polar surface area (TPSA) is 40.5 Å². The molecule has 0 aromatic heterocycles. The molecular formula is C13H28O2. The van der Waals surface area contributed by atoms with Crippen LogP contribution in [0.15, 0.2) is 0 Å². The van der Waals surface area contributed by atoms with Crippen LogP contribution in [0.2, 0.25) is 0 Å². The van der Waals surface area contributed by atoms with Crippen LogP contribution in [0.25, 0.3) is 0 Å². The van der Waals surface area contributed by atoms with Crippen molar-refractivity contribution in [3.8, 4) is 0 Å². The van der Waals surface area contributed by atoms with E-state index in [4.69, 9.17) is 5.11 Å². The fourth-order valence-corrected chi connectivity index (χ4v) is 2.18. The van der Waals surface area contributed by atoms with Crippen molar-refractivity contribution >= 4 is 0 Å². The summed E-state index contributed by atoms with van der Waals surface area (Å²) in [5, 5.41) is 18.5. The zero-order valence-electron chi connectivity index (χ0n) is 10.8. The first-order valence-electron chi connectivity index (χ1n) is 6.26. The Labute approximate surface area is 94.7 Å². The molecule has 0 aromatic rings. The third-order valence-corrected chi connectivity index (χ3v) is 3.58. The number of aliphatic hydroxyl groups is 2. The second kappa shape index (κ2) is 7.24. The summed E-state index contributed by atoms with van der Waals surface area (Å²) in [7, 11) is 0. The fourth-order valence-electron chi connectivity index (χ4n) is 2.18. The van der Waals surface area contributed by atoms with Gasteiger partial charge >= 0.3 is 0 Å². The highest BCUT2D eigenvalue weighted by molar-refractivity contribution is 4.78. The van der Waals surface area contributed by atoms with Crippen LogP contribution in [0, 0.1) is 11.3 Å². The average molecular weight is 216 g/mol. The maximum Gasteiger partial charge on any atom is 0.0567 e. The Hall–Kier alpha value is -0.0800. The molecule has 15 heavy (non-hydrogen) atoms. The third kappa shape index (κ3) is 6.16. The van der Waals surface area contributed by atoms with Crippen LogP contribution in [0.4, 0.5) is 0 Å². The Morgan fingerprint density at radius 3 is 2.20 bits per heavy atom. The van der Waals surface area contributed by atoms with Crippen molar-refractivity contribution in [1.82, 2.24) is 0 Å². The molecule has 0 aliphatic heterocycles. The van der Waals surface area contributed by atoms with Crippen LogP contribution < -0.4 is 0 Å². The molecule has 0 amide bonds. The Morgan fingerprint density at radius 1 is 1.20 bits per heavy atom. The van der Waals surface area contributed by atoms with E-state index in [0.717, 1.165) is 18.8 Å². The Bertz CT molecular complexity index is 159. The van der Waals surface area contributed by atoms with Gasteiger partial charge in [0.05, 0.1) is 6.10 Å². The maximum absolute atomic E-state index is 9.74. The van der Waals surface area contributed by atoms with E-state index in [0.29, 0.717) is 6.42 Å². The molecule has 0 saturated heterocycles. The van der Waals surface area contributed by atoms with E-state index in [-0.39, 0.29) is 18.1 Å². The highest BCUT2D eigenvalue weighted by Gasteiger charge is 2.26. The molecule has 2 heteroatoms. The molecule has 0 aromatic carbocycles. The van der Waals surface area contributed by atoms with E-state index in [1.807, 2.05) is 0 Å². The van der Waals surface area contributed by atoms with Crippen LogP contribution in [-0.4, -0.2) is 22.9 Å². The minimum atomic E-state index is -0.344. The summed E-state index contributed by atoms with van der Waals surface area (Å²) < 4.78 is 0. The van der Waals surface area contributed by atoms with E-state index in [1.54, 1.807) is 0 Å². The predicted molar refractivity (Wildman–Crippen MR) is 64.8 cm³/mol. The molecule has 2 nitrogen and oxygen atoms in total. The van der Waals surface area contributed by atoms with Crippen LogP contribution in [0.1, 0.15) is 59.8 Å². The molecule has 0 aliphatic rings. The molecule has 2 N–H and O–H groups in total. The van der Waals surface area contributed by atoms with Crippen molar-refractivity contribution in [1.29, 1.82) is 0 Å². The minimum Gasteiger partial charge on any atom is -0.396 e. The molecule has 0 heterocycles. The summed E-state index contributed by atoms with van der Waals surface area (Å²) in [5.74, 6) is 0.719. The monoisotopic (exact) mass is 216 g/mol. The smallest absolute Gasteiger partial charge is 0.0567 e. The lowest BCUT2D eigenvalue weighted by molar-refractivity contribution is 0.0675. The SMILES string of the molecule is CCC(C)CC(C)(CC)CC(O)CCO. The van der Waals surface area contributed by atoms with Crippen molar-refractivity contribution in [2.75, 3.05) is 6.61 Å². The van der Waals surface area contributed by atoms with Crippen LogP contribution in [-0.2, 0) is 0 Å². The van der Waals surface area contributed by atoms with Gasteiger partial charge in [0.25, 0.3) is 0 Å². The number of rotatable bonds is 8. The molecule has 0 radical (unpaired) electrons. The lowest BCUT2D eigenvalue weighted by Gasteiger charge is -2.33. The summed E-state index contributed by atoms with van der Waals surface area (Å²) in [4.78, 5) is 0. The van der Waals surface area contributed by atoms with Crippen LogP contribution >= 0.6 is 0 Å². The second-order valence-electron chi connectivity index (χ2n) is 5.25. The molecule has 0 saturated carbocycles. The Kier molecular flexibility index (Phi) is 7.20. The first kappa shape index (κ1) is 14.9. The van der Waals surface area contributed by atoms with Gasteiger partial charge in [0.2, 0.25) is 0 Å². The molecule has 0 bridgehead atoms. The lowest BCUT2D eigenvalue weighted by Crippen LogP contribution is -2.25. The van der Waals surface area contributed by atoms with Crippen molar-refractivity contribution in [2.24, 2.45) is 11.3 Å². The Balaban J connectivity index is 4.16. The molecule has 92 valence electrons. The van der Waals surface area contributed by atoms with Gasteiger partial charge in [0, 0.05) is 6.61 Å². The number of aliphatic hydroxyl groups excluding tert-OH is 2. The van der Waals surface area contributed by atoms with Gasteiger partial charge < -0.3 is 10.2 Å². The number of hydrogen-bond donors (Lipinski definition) is 2. The van der Waals surface area contributed by atoms with Crippen molar-refractivity contribution < 1.29 is 10.2 Å². The molecule has 0 rings (SSSR count). The van der Waals surface area contributed by atoms with Gasteiger partial charge in [-0.2, -0.15) is 0 Å². The first-order valence-corrected chi connectivity index (χ1v) is 6.26. The van der Waals surface area contributed by atoms with E-state index < -0.39 is 0 Å². The molecule has 0 fully saturated rings. The Morgan fingerprint density at radius 2 is 1.80 bits per heavy atom. The average Bonchev–Trinajstić information content (AvgIpc) is 2.17. The lowest BCUT2D eigenvalue weighted by atomic mass is 9.74. The van der Waals surface area contributed by atoms with E-state index in [1.165, 1.54) is 12.8 Å².